The summed E-state index contributed by atoms with van der Waals surface area (Å²) in [4.78, 5) is 0. The van der Waals surface area contributed by atoms with Gasteiger partial charge in [0.15, 0.2) is 0 Å². The summed E-state index contributed by atoms with van der Waals surface area (Å²) < 4.78 is 6.08. The molecule has 2 aliphatic rings. The van der Waals surface area contributed by atoms with Gasteiger partial charge < -0.3 is 15.2 Å². The van der Waals surface area contributed by atoms with Gasteiger partial charge in [0.2, 0.25) is 5.13 Å². The molecule has 1 aliphatic heterocycles. The van der Waals surface area contributed by atoms with Crippen molar-refractivity contribution in [3.05, 3.63) is 24.3 Å². The van der Waals surface area contributed by atoms with Gasteiger partial charge in [0, 0.05) is 18.2 Å². The minimum atomic E-state index is 0.111. The van der Waals surface area contributed by atoms with E-state index in [1.807, 2.05) is 12.1 Å². The molecule has 1 aromatic heterocycles. The maximum Gasteiger partial charge on any atom is 0.206 e. The van der Waals surface area contributed by atoms with Crippen LogP contribution in [-0.4, -0.2) is 33.6 Å². The minimum Gasteiger partial charge on any atom is -0.508 e. The van der Waals surface area contributed by atoms with E-state index in [4.69, 9.17) is 4.74 Å². The Hall–Kier alpha value is -1.66. The average molecular weight is 331 g/mol. The van der Waals surface area contributed by atoms with Crippen molar-refractivity contribution in [1.82, 2.24) is 10.2 Å². The number of phenols is 1. The smallest absolute Gasteiger partial charge is 0.206 e. The first kappa shape index (κ1) is 14.9. The van der Waals surface area contributed by atoms with Crippen molar-refractivity contribution in [3.8, 4) is 16.3 Å². The van der Waals surface area contributed by atoms with E-state index in [-0.39, 0.29) is 11.4 Å². The number of aromatic hydroxyl groups is 1. The molecule has 5 nitrogen and oxygen atoms in total. The molecule has 1 atom stereocenters. The second-order valence-electron chi connectivity index (χ2n) is 6.53. The number of hydrogen-bond acceptors (Lipinski definition) is 6. The lowest BCUT2D eigenvalue weighted by Gasteiger charge is -2.38. The normalized spacial score (nSPS) is 23.2. The first-order chi connectivity index (χ1) is 11.2. The Morgan fingerprint density at radius 2 is 1.96 bits per heavy atom. The largest absolute Gasteiger partial charge is 0.508 e. The maximum atomic E-state index is 9.37. The summed E-state index contributed by atoms with van der Waals surface area (Å²) >= 11 is 1.56. The van der Waals surface area contributed by atoms with Crippen molar-refractivity contribution in [2.75, 3.05) is 11.9 Å². The lowest BCUT2D eigenvalue weighted by Crippen LogP contribution is -2.42. The molecule has 1 unspecified atom stereocenters. The fraction of sp³-hybridized carbons (Fsp3) is 0.529. The third kappa shape index (κ3) is 3.19. The predicted octanol–water partition coefficient (Wildman–Crippen LogP) is 3.81. The van der Waals surface area contributed by atoms with Crippen LogP contribution in [0.15, 0.2) is 24.3 Å². The molecule has 122 valence electrons. The van der Waals surface area contributed by atoms with Crippen LogP contribution < -0.4 is 5.32 Å². The average Bonchev–Trinajstić information content (AvgIpc) is 3.19. The molecule has 0 bridgehead atoms. The van der Waals surface area contributed by atoms with E-state index in [0.717, 1.165) is 35.2 Å². The Kier molecular flexibility index (Phi) is 3.95. The number of hydrogen-bond donors (Lipinski definition) is 2. The van der Waals surface area contributed by atoms with Crippen molar-refractivity contribution >= 4 is 16.5 Å². The van der Waals surface area contributed by atoms with E-state index in [0.29, 0.717) is 6.04 Å². The van der Waals surface area contributed by atoms with E-state index >= 15 is 0 Å². The zero-order valence-electron chi connectivity index (χ0n) is 13.0. The number of nitrogens with zero attached hydrogens (tertiary/aromatic N) is 2. The monoisotopic (exact) mass is 331 g/mol. The highest BCUT2D eigenvalue weighted by Crippen LogP contribution is 2.41. The minimum absolute atomic E-state index is 0.111. The van der Waals surface area contributed by atoms with Crippen molar-refractivity contribution in [3.63, 3.8) is 0 Å². The van der Waals surface area contributed by atoms with Crippen LogP contribution >= 0.6 is 11.3 Å². The number of nitrogens with one attached hydrogen (secondary N) is 1. The van der Waals surface area contributed by atoms with Gasteiger partial charge in [-0.2, -0.15) is 0 Å². The standard InChI is InChI=1S/C17H21N3O2S/c21-14-5-3-12(4-6-14)15-19-20-16(23-15)18-13-7-10-22-17(11-13)8-1-2-9-17/h3-6,13,21H,1-2,7-11H2,(H,18,20). The molecule has 6 heteroatoms. The third-order valence-electron chi connectivity index (χ3n) is 4.87. The molecular formula is C17H21N3O2S. The molecule has 2 aromatic rings. The summed E-state index contributed by atoms with van der Waals surface area (Å²) in [6.45, 7) is 0.835. The van der Waals surface area contributed by atoms with Crippen LogP contribution in [0.1, 0.15) is 38.5 Å². The molecule has 1 saturated carbocycles. The summed E-state index contributed by atoms with van der Waals surface area (Å²) in [6, 6.07) is 7.49. The molecule has 4 rings (SSSR count). The van der Waals surface area contributed by atoms with Gasteiger partial charge >= 0.3 is 0 Å². The highest BCUT2D eigenvalue weighted by Gasteiger charge is 2.40. The van der Waals surface area contributed by atoms with Crippen LogP contribution in [0.4, 0.5) is 5.13 Å². The quantitative estimate of drug-likeness (QED) is 0.895. The van der Waals surface area contributed by atoms with E-state index in [1.54, 1.807) is 23.5 Å². The molecule has 1 aliphatic carbocycles. The van der Waals surface area contributed by atoms with Gasteiger partial charge in [0.25, 0.3) is 0 Å². The predicted molar refractivity (Wildman–Crippen MR) is 90.8 cm³/mol. The van der Waals surface area contributed by atoms with E-state index in [1.165, 1.54) is 25.7 Å². The van der Waals surface area contributed by atoms with Crippen LogP contribution in [-0.2, 0) is 4.74 Å². The van der Waals surface area contributed by atoms with Crippen LogP contribution in [0.25, 0.3) is 10.6 Å². The van der Waals surface area contributed by atoms with Crippen molar-refractivity contribution < 1.29 is 9.84 Å². The van der Waals surface area contributed by atoms with Gasteiger partial charge in [-0.1, -0.05) is 24.2 Å². The molecule has 2 N–H and O–H groups in total. The topological polar surface area (TPSA) is 67.3 Å². The van der Waals surface area contributed by atoms with Crippen LogP contribution in [0.5, 0.6) is 5.75 Å². The molecule has 1 aromatic carbocycles. The van der Waals surface area contributed by atoms with E-state index < -0.39 is 0 Å². The van der Waals surface area contributed by atoms with E-state index in [2.05, 4.69) is 15.5 Å². The molecule has 1 spiro atoms. The summed E-state index contributed by atoms with van der Waals surface area (Å²) in [6.07, 6.45) is 7.06. The van der Waals surface area contributed by atoms with Crippen molar-refractivity contribution in [2.45, 2.75) is 50.2 Å². The number of anilines is 1. The second-order valence-corrected chi connectivity index (χ2v) is 7.51. The van der Waals surface area contributed by atoms with Gasteiger partial charge in [0.05, 0.1) is 5.60 Å². The fourth-order valence-corrected chi connectivity index (χ4v) is 4.52. The fourth-order valence-electron chi connectivity index (χ4n) is 3.70. The highest BCUT2D eigenvalue weighted by molar-refractivity contribution is 7.18. The third-order valence-corrected chi connectivity index (χ3v) is 5.78. The number of benzene rings is 1. The molecule has 0 radical (unpaired) electrons. The highest BCUT2D eigenvalue weighted by atomic mass is 32.1. The number of aromatic nitrogens is 2. The Balaban J connectivity index is 1.44. The zero-order chi connectivity index (χ0) is 15.7. The zero-order valence-corrected chi connectivity index (χ0v) is 13.8. The molecule has 2 fully saturated rings. The first-order valence-corrected chi connectivity index (χ1v) is 9.08. The van der Waals surface area contributed by atoms with E-state index in [9.17, 15) is 5.11 Å². The Labute approximate surface area is 139 Å². The lowest BCUT2D eigenvalue weighted by atomic mass is 9.89. The Morgan fingerprint density at radius 1 is 1.17 bits per heavy atom. The van der Waals surface area contributed by atoms with Gasteiger partial charge in [-0.15, -0.1) is 10.2 Å². The first-order valence-electron chi connectivity index (χ1n) is 8.26. The molecular weight excluding hydrogens is 310 g/mol. The summed E-state index contributed by atoms with van der Waals surface area (Å²) in [7, 11) is 0. The molecule has 2 heterocycles. The lowest BCUT2D eigenvalue weighted by molar-refractivity contribution is -0.0767. The number of phenolic OH excluding ortho intramolecular Hbond substituents is 1. The van der Waals surface area contributed by atoms with Crippen LogP contribution in [0.3, 0.4) is 0 Å². The number of rotatable bonds is 3. The van der Waals surface area contributed by atoms with Gasteiger partial charge in [0.1, 0.15) is 10.8 Å². The molecule has 23 heavy (non-hydrogen) atoms. The molecule has 0 amide bonds. The second kappa shape index (κ2) is 6.09. The SMILES string of the molecule is Oc1ccc(-c2nnc(NC3CCOC4(CCCC4)C3)s2)cc1. The summed E-state index contributed by atoms with van der Waals surface area (Å²) in [5, 5.41) is 23.2. The van der Waals surface area contributed by atoms with Crippen molar-refractivity contribution in [1.29, 1.82) is 0 Å². The van der Waals surface area contributed by atoms with Gasteiger partial charge in [-0.25, -0.2) is 0 Å². The van der Waals surface area contributed by atoms with Crippen LogP contribution in [0, 0.1) is 0 Å². The molecule has 1 saturated heterocycles. The summed E-state index contributed by atoms with van der Waals surface area (Å²) in [5.41, 5.74) is 1.09. The Bertz CT molecular complexity index is 665. The number of ether oxygens (including phenoxy) is 1. The maximum absolute atomic E-state index is 9.37. The van der Waals surface area contributed by atoms with Crippen molar-refractivity contribution in [2.24, 2.45) is 0 Å². The Morgan fingerprint density at radius 3 is 2.74 bits per heavy atom. The summed E-state index contributed by atoms with van der Waals surface area (Å²) in [5.74, 6) is 0.265. The van der Waals surface area contributed by atoms with Gasteiger partial charge in [-0.3, -0.25) is 0 Å². The van der Waals surface area contributed by atoms with Gasteiger partial charge in [-0.05, 0) is 49.9 Å². The van der Waals surface area contributed by atoms with Crippen LogP contribution in [0.2, 0.25) is 0 Å².